The lowest BCUT2D eigenvalue weighted by Gasteiger charge is -2.13. The van der Waals surface area contributed by atoms with Gasteiger partial charge in [-0.3, -0.25) is 0 Å². The van der Waals surface area contributed by atoms with Gasteiger partial charge >= 0.3 is 5.97 Å². The molecule has 1 aliphatic heterocycles. The Hall–Kier alpha value is -1.55. The van der Waals surface area contributed by atoms with E-state index < -0.39 is 5.97 Å². The zero-order chi connectivity index (χ0) is 12.3. The van der Waals surface area contributed by atoms with Gasteiger partial charge in [0.25, 0.3) is 0 Å². The Labute approximate surface area is 101 Å². The average Bonchev–Trinajstić information content (AvgIpc) is 2.73. The van der Waals surface area contributed by atoms with E-state index in [4.69, 9.17) is 9.84 Å². The summed E-state index contributed by atoms with van der Waals surface area (Å²) in [4.78, 5) is 10.8. The van der Waals surface area contributed by atoms with E-state index in [1.165, 1.54) is 0 Å². The molecule has 2 rings (SSSR count). The summed E-state index contributed by atoms with van der Waals surface area (Å²) in [6.45, 7) is 2.80. The molecule has 0 spiro atoms. The highest BCUT2D eigenvalue weighted by molar-refractivity contribution is 5.88. The first-order valence-corrected chi connectivity index (χ1v) is 5.88. The van der Waals surface area contributed by atoms with Gasteiger partial charge in [0.1, 0.15) is 0 Å². The third-order valence-electron chi connectivity index (χ3n) is 2.96. The van der Waals surface area contributed by atoms with Crippen LogP contribution in [0.25, 0.3) is 0 Å². The number of carboxylic acids is 1. The van der Waals surface area contributed by atoms with Crippen LogP contribution in [0, 0.1) is 0 Å². The maximum atomic E-state index is 10.8. The average molecular weight is 235 g/mol. The molecular formula is C13H17NO3. The molecule has 2 N–H and O–H groups in total. The SMILES string of the molecule is CC1CCC(CNc2cccc(C(=O)O)c2)O1. The van der Waals surface area contributed by atoms with Crippen LogP contribution < -0.4 is 5.32 Å². The molecule has 2 unspecified atom stereocenters. The molecule has 0 saturated carbocycles. The summed E-state index contributed by atoms with van der Waals surface area (Å²) < 4.78 is 5.68. The van der Waals surface area contributed by atoms with E-state index in [1.54, 1.807) is 18.2 Å². The molecule has 4 heteroatoms. The quantitative estimate of drug-likeness (QED) is 0.841. The highest BCUT2D eigenvalue weighted by Crippen LogP contribution is 2.20. The van der Waals surface area contributed by atoms with Crippen molar-refractivity contribution in [3.05, 3.63) is 29.8 Å². The van der Waals surface area contributed by atoms with Gasteiger partial charge in [-0.05, 0) is 38.0 Å². The maximum absolute atomic E-state index is 10.8. The second kappa shape index (κ2) is 5.19. The molecule has 1 aliphatic rings. The topological polar surface area (TPSA) is 58.6 Å². The van der Waals surface area contributed by atoms with E-state index >= 15 is 0 Å². The molecule has 17 heavy (non-hydrogen) atoms. The van der Waals surface area contributed by atoms with E-state index in [0.717, 1.165) is 25.1 Å². The molecule has 0 radical (unpaired) electrons. The fourth-order valence-electron chi connectivity index (χ4n) is 2.03. The van der Waals surface area contributed by atoms with Gasteiger partial charge in [-0.25, -0.2) is 4.79 Å². The highest BCUT2D eigenvalue weighted by atomic mass is 16.5. The molecule has 0 bridgehead atoms. The second-order valence-corrected chi connectivity index (χ2v) is 4.41. The fraction of sp³-hybridized carbons (Fsp3) is 0.462. The fourth-order valence-corrected chi connectivity index (χ4v) is 2.03. The first-order valence-electron chi connectivity index (χ1n) is 5.88. The van der Waals surface area contributed by atoms with Crippen LogP contribution in [0.3, 0.4) is 0 Å². The molecule has 4 nitrogen and oxygen atoms in total. The number of benzene rings is 1. The zero-order valence-corrected chi connectivity index (χ0v) is 9.85. The number of nitrogens with one attached hydrogen (secondary N) is 1. The van der Waals surface area contributed by atoms with Crippen LogP contribution in [0.15, 0.2) is 24.3 Å². The lowest BCUT2D eigenvalue weighted by Crippen LogP contribution is -2.19. The molecule has 1 aromatic rings. The lowest BCUT2D eigenvalue weighted by atomic mass is 10.2. The summed E-state index contributed by atoms with van der Waals surface area (Å²) in [6, 6.07) is 6.83. The monoisotopic (exact) mass is 235 g/mol. The van der Waals surface area contributed by atoms with Crippen molar-refractivity contribution < 1.29 is 14.6 Å². The van der Waals surface area contributed by atoms with Gasteiger partial charge in [0.2, 0.25) is 0 Å². The van der Waals surface area contributed by atoms with Crippen molar-refractivity contribution >= 4 is 11.7 Å². The molecule has 1 aromatic carbocycles. The van der Waals surface area contributed by atoms with Gasteiger partial charge in [0.15, 0.2) is 0 Å². The normalized spacial score (nSPS) is 23.6. The third-order valence-corrected chi connectivity index (χ3v) is 2.96. The number of carboxylic acid groups (broad SMARTS) is 1. The van der Waals surface area contributed by atoms with Crippen molar-refractivity contribution in [2.24, 2.45) is 0 Å². The summed E-state index contributed by atoms with van der Waals surface area (Å²) in [5.74, 6) is -0.903. The smallest absolute Gasteiger partial charge is 0.335 e. The van der Waals surface area contributed by atoms with Crippen molar-refractivity contribution in [3.63, 3.8) is 0 Å². The Kier molecular flexibility index (Phi) is 3.64. The van der Waals surface area contributed by atoms with Crippen LogP contribution in [0.2, 0.25) is 0 Å². The predicted octanol–water partition coefficient (Wildman–Crippen LogP) is 2.36. The van der Waals surface area contributed by atoms with E-state index in [0.29, 0.717) is 11.7 Å². The number of carbonyl (C=O) groups is 1. The van der Waals surface area contributed by atoms with Crippen molar-refractivity contribution in [2.75, 3.05) is 11.9 Å². The minimum atomic E-state index is -0.903. The Bertz CT molecular complexity index is 405. The van der Waals surface area contributed by atoms with Crippen LogP contribution in [0.5, 0.6) is 0 Å². The number of rotatable bonds is 4. The highest BCUT2D eigenvalue weighted by Gasteiger charge is 2.21. The van der Waals surface area contributed by atoms with Gasteiger partial charge in [-0.1, -0.05) is 6.07 Å². The summed E-state index contributed by atoms with van der Waals surface area (Å²) in [6.07, 6.45) is 2.74. The molecular weight excluding hydrogens is 218 g/mol. The number of anilines is 1. The van der Waals surface area contributed by atoms with E-state index in [-0.39, 0.29) is 6.10 Å². The number of hydrogen-bond acceptors (Lipinski definition) is 3. The van der Waals surface area contributed by atoms with Gasteiger partial charge in [-0.15, -0.1) is 0 Å². The van der Waals surface area contributed by atoms with E-state index in [2.05, 4.69) is 12.2 Å². The molecule has 1 heterocycles. The van der Waals surface area contributed by atoms with E-state index in [9.17, 15) is 4.79 Å². The van der Waals surface area contributed by atoms with Gasteiger partial charge in [-0.2, -0.15) is 0 Å². The third kappa shape index (κ3) is 3.20. The van der Waals surface area contributed by atoms with Crippen LogP contribution in [0.1, 0.15) is 30.1 Å². The van der Waals surface area contributed by atoms with Gasteiger partial charge in [0.05, 0.1) is 17.8 Å². The lowest BCUT2D eigenvalue weighted by molar-refractivity contribution is 0.0637. The second-order valence-electron chi connectivity index (χ2n) is 4.41. The molecule has 0 aromatic heterocycles. The largest absolute Gasteiger partial charge is 0.478 e. The summed E-state index contributed by atoms with van der Waals surface area (Å²) in [7, 11) is 0. The van der Waals surface area contributed by atoms with Crippen LogP contribution in [-0.4, -0.2) is 29.8 Å². The molecule has 1 saturated heterocycles. The van der Waals surface area contributed by atoms with Gasteiger partial charge in [0, 0.05) is 12.2 Å². The number of hydrogen-bond donors (Lipinski definition) is 2. The standard InChI is InChI=1S/C13H17NO3/c1-9-5-6-12(17-9)8-14-11-4-2-3-10(7-11)13(15)16/h2-4,7,9,12,14H,5-6,8H2,1H3,(H,15,16). The number of aromatic carboxylic acids is 1. The minimum Gasteiger partial charge on any atom is -0.478 e. The van der Waals surface area contributed by atoms with Crippen molar-refractivity contribution in [1.82, 2.24) is 0 Å². The Morgan fingerprint density at radius 3 is 3.00 bits per heavy atom. The van der Waals surface area contributed by atoms with Crippen LogP contribution in [-0.2, 0) is 4.74 Å². The van der Waals surface area contributed by atoms with Crippen LogP contribution >= 0.6 is 0 Å². The van der Waals surface area contributed by atoms with Crippen molar-refractivity contribution in [2.45, 2.75) is 32.0 Å². The molecule has 1 fully saturated rings. The summed E-state index contributed by atoms with van der Waals surface area (Å²) in [5, 5.41) is 12.1. The molecule has 0 amide bonds. The summed E-state index contributed by atoms with van der Waals surface area (Å²) in [5.41, 5.74) is 1.13. The van der Waals surface area contributed by atoms with E-state index in [1.807, 2.05) is 6.07 Å². The van der Waals surface area contributed by atoms with Crippen molar-refractivity contribution in [1.29, 1.82) is 0 Å². The minimum absolute atomic E-state index is 0.235. The maximum Gasteiger partial charge on any atom is 0.335 e. The summed E-state index contributed by atoms with van der Waals surface area (Å²) >= 11 is 0. The van der Waals surface area contributed by atoms with Gasteiger partial charge < -0.3 is 15.2 Å². The van der Waals surface area contributed by atoms with Crippen LogP contribution in [0.4, 0.5) is 5.69 Å². The Morgan fingerprint density at radius 1 is 1.53 bits per heavy atom. The Balaban J connectivity index is 1.90. The first kappa shape index (κ1) is 11.9. The molecule has 2 atom stereocenters. The van der Waals surface area contributed by atoms with Crippen molar-refractivity contribution in [3.8, 4) is 0 Å². The number of ether oxygens (including phenoxy) is 1. The Morgan fingerprint density at radius 2 is 2.35 bits per heavy atom. The first-order chi connectivity index (χ1) is 8.15. The molecule has 92 valence electrons. The molecule has 0 aliphatic carbocycles. The predicted molar refractivity (Wildman–Crippen MR) is 65.5 cm³/mol. The zero-order valence-electron chi connectivity index (χ0n) is 9.85.